The molecule has 106 valence electrons. The van der Waals surface area contributed by atoms with E-state index >= 15 is 0 Å². The van der Waals surface area contributed by atoms with Gasteiger partial charge in [-0.05, 0) is 42.8 Å². The second-order valence-corrected chi connectivity index (χ2v) is 5.32. The first-order valence-electron chi connectivity index (χ1n) is 6.05. The van der Waals surface area contributed by atoms with Crippen LogP contribution >= 0.6 is 23.2 Å². The molecule has 0 aliphatic rings. The van der Waals surface area contributed by atoms with E-state index in [1.807, 2.05) is 0 Å². The van der Waals surface area contributed by atoms with Gasteiger partial charge in [-0.25, -0.2) is 18.7 Å². The Labute approximate surface area is 129 Å². The first kappa shape index (κ1) is 14.2. The van der Waals surface area contributed by atoms with Gasteiger partial charge in [0, 0.05) is 5.56 Å². The molecule has 0 aliphatic heterocycles. The lowest BCUT2D eigenvalue weighted by Crippen LogP contribution is -1.96. The number of aromatic nitrogens is 2. The smallest absolute Gasteiger partial charge is 0.161 e. The van der Waals surface area contributed by atoms with E-state index in [2.05, 4.69) is 9.97 Å². The van der Waals surface area contributed by atoms with E-state index in [1.165, 1.54) is 30.3 Å². The van der Waals surface area contributed by atoms with Crippen LogP contribution in [0.1, 0.15) is 5.56 Å². The summed E-state index contributed by atoms with van der Waals surface area (Å²) in [5, 5.41) is 0.601. The average molecular weight is 325 g/mol. The topological polar surface area (TPSA) is 25.8 Å². The van der Waals surface area contributed by atoms with Gasteiger partial charge in [0.15, 0.2) is 5.82 Å². The number of hydrogen-bond acceptors (Lipinski definition) is 2. The van der Waals surface area contributed by atoms with Gasteiger partial charge in [-0.1, -0.05) is 23.2 Å². The van der Waals surface area contributed by atoms with Crippen molar-refractivity contribution in [2.24, 2.45) is 0 Å². The van der Waals surface area contributed by atoms with Gasteiger partial charge >= 0.3 is 0 Å². The summed E-state index contributed by atoms with van der Waals surface area (Å²) in [6.45, 7) is 1.72. The molecule has 6 heteroatoms. The van der Waals surface area contributed by atoms with Crippen molar-refractivity contribution < 1.29 is 8.78 Å². The highest BCUT2D eigenvalue weighted by molar-refractivity contribution is 6.41. The van der Waals surface area contributed by atoms with Crippen molar-refractivity contribution in [2.75, 3.05) is 0 Å². The molecular weight excluding hydrogens is 317 g/mol. The highest BCUT2D eigenvalue weighted by atomic mass is 35.5. The molecule has 0 fully saturated rings. The summed E-state index contributed by atoms with van der Waals surface area (Å²) < 4.78 is 27.1. The van der Waals surface area contributed by atoms with Crippen LogP contribution in [0.3, 0.4) is 0 Å². The predicted molar refractivity (Wildman–Crippen MR) is 79.6 cm³/mol. The van der Waals surface area contributed by atoms with Crippen LogP contribution in [0.5, 0.6) is 0 Å². The molecule has 1 heterocycles. The van der Waals surface area contributed by atoms with Crippen LogP contribution in [0, 0.1) is 18.6 Å². The summed E-state index contributed by atoms with van der Waals surface area (Å²) in [5.41, 5.74) is 1.26. The van der Waals surface area contributed by atoms with E-state index in [0.29, 0.717) is 11.1 Å². The van der Waals surface area contributed by atoms with Crippen LogP contribution in [-0.4, -0.2) is 9.97 Å². The number of rotatable bonds is 1. The Hall–Kier alpha value is -1.78. The lowest BCUT2D eigenvalue weighted by Gasteiger charge is -2.08. The Morgan fingerprint density at radius 3 is 2.48 bits per heavy atom. The normalized spacial score (nSPS) is 11.1. The molecule has 1 aromatic heterocycles. The predicted octanol–water partition coefficient (Wildman–Crippen LogP) is 5.19. The Kier molecular flexibility index (Phi) is 3.51. The largest absolute Gasteiger partial charge is 0.225 e. The SMILES string of the molecule is Cc1cc(F)ccc1-c1nc(Cl)c2c(Cl)ccc(F)c2n1. The molecule has 0 aliphatic carbocycles. The molecular formula is C15H8Cl2F2N2. The average Bonchev–Trinajstić information content (AvgIpc) is 2.42. The molecule has 0 spiro atoms. The molecule has 0 saturated heterocycles. The van der Waals surface area contributed by atoms with Crippen LogP contribution in [0.15, 0.2) is 30.3 Å². The standard InChI is InChI=1S/C15H8Cl2F2N2/c1-7-6-8(18)2-3-9(7)15-20-13-11(19)5-4-10(16)12(13)14(17)21-15/h2-6H,1H3. The molecule has 0 saturated carbocycles. The summed E-state index contributed by atoms with van der Waals surface area (Å²) in [6.07, 6.45) is 0. The molecule has 2 nitrogen and oxygen atoms in total. The second kappa shape index (κ2) is 5.20. The fraction of sp³-hybridized carbons (Fsp3) is 0.0667. The Balaban J connectivity index is 2.33. The zero-order chi connectivity index (χ0) is 15.1. The summed E-state index contributed by atoms with van der Waals surface area (Å²) >= 11 is 12.1. The zero-order valence-corrected chi connectivity index (χ0v) is 12.3. The molecule has 0 radical (unpaired) electrons. The number of halogens is 4. The maximum absolute atomic E-state index is 13.9. The monoisotopic (exact) mass is 324 g/mol. The highest BCUT2D eigenvalue weighted by Gasteiger charge is 2.15. The van der Waals surface area contributed by atoms with Crippen LogP contribution in [-0.2, 0) is 0 Å². The van der Waals surface area contributed by atoms with Crippen LogP contribution in [0.25, 0.3) is 22.3 Å². The van der Waals surface area contributed by atoms with Crippen molar-refractivity contribution in [3.8, 4) is 11.4 Å². The van der Waals surface area contributed by atoms with E-state index in [0.717, 1.165) is 0 Å². The molecule has 3 rings (SSSR count). The van der Waals surface area contributed by atoms with E-state index in [-0.39, 0.29) is 32.7 Å². The number of hydrogen-bond donors (Lipinski definition) is 0. The van der Waals surface area contributed by atoms with Crippen molar-refractivity contribution >= 4 is 34.1 Å². The van der Waals surface area contributed by atoms with E-state index in [1.54, 1.807) is 6.92 Å². The Bertz CT molecular complexity index is 866. The van der Waals surface area contributed by atoms with Gasteiger partial charge in [0.2, 0.25) is 0 Å². The number of fused-ring (bicyclic) bond motifs is 1. The van der Waals surface area contributed by atoms with Gasteiger partial charge in [-0.2, -0.15) is 0 Å². The van der Waals surface area contributed by atoms with Crippen LogP contribution in [0.2, 0.25) is 10.2 Å². The Morgan fingerprint density at radius 1 is 1.00 bits per heavy atom. The lowest BCUT2D eigenvalue weighted by atomic mass is 10.1. The minimum atomic E-state index is -0.542. The highest BCUT2D eigenvalue weighted by Crippen LogP contribution is 2.32. The fourth-order valence-electron chi connectivity index (χ4n) is 2.12. The summed E-state index contributed by atoms with van der Waals surface area (Å²) in [5.74, 6) is -0.678. The first-order chi connectivity index (χ1) is 9.97. The van der Waals surface area contributed by atoms with Crippen LogP contribution < -0.4 is 0 Å². The van der Waals surface area contributed by atoms with E-state index in [9.17, 15) is 8.78 Å². The van der Waals surface area contributed by atoms with Gasteiger partial charge in [0.05, 0.1) is 10.4 Å². The van der Waals surface area contributed by atoms with Crippen molar-refractivity contribution in [1.82, 2.24) is 9.97 Å². The summed E-state index contributed by atoms with van der Waals surface area (Å²) in [4.78, 5) is 8.32. The molecule has 0 N–H and O–H groups in total. The number of nitrogens with zero attached hydrogens (tertiary/aromatic N) is 2. The summed E-state index contributed by atoms with van der Waals surface area (Å²) in [6, 6.07) is 6.79. The molecule has 0 atom stereocenters. The lowest BCUT2D eigenvalue weighted by molar-refractivity contribution is 0.626. The second-order valence-electron chi connectivity index (χ2n) is 4.55. The third-order valence-electron chi connectivity index (χ3n) is 3.14. The maximum atomic E-state index is 13.9. The molecule has 2 aromatic carbocycles. The molecule has 0 amide bonds. The quantitative estimate of drug-likeness (QED) is 0.575. The van der Waals surface area contributed by atoms with Gasteiger partial charge in [0.1, 0.15) is 22.3 Å². The third kappa shape index (κ3) is 2.45. The van der Waals surface area contributed by atoms with E-state index in [4.69, 9.17) is 23.2 Å². The first-order valence-corrected chi connectivity index (χ1v) is 6.81. The van der Waals surface area contributed by atoms with Crippen molar-refractivity contribution in [3.63, 3.8) is 0 Å². The third-order valence-corrected chi connectivity index (χ3v) is 3.72. The van der Waals surface area contributed by atoms with Gasteiger partial charge in [0.25, 0.3) is 0 Å². The van der Waals surface area contributed by atoms with Gasteiger partial charge in [-0.3, -0.25) is 0 Å². The summed E-state index contributed by atoms with van der Waals surface area (Å²) in [7, 11) is 0. The van der Waals surface area contributed by atoms with E-state index < -0.39 is 5.82 Å². The maximum Gasteiger partial charge on any atom is 0.161 e. The zero-order valence-electron chi connectivity index (χ0n) is 10.8. The number of aryl methyl sites for hydroxylation is 1. The molecule has 21 heavy (non-hydrogen) atoms. The Morgan fingerprint density at radius 2 is 1.76 bits per heavy atom. The van der Waals surface area contributed by atoms with Crippen molar-refractivity contribution in [3.05, 3.63) is 57.7 Å². The van der Waals surface area contributed by atoms with Crippen molar-refractivity contribution in [1.29, 1.82) is 0 Å². The fourth-order valence-corrected chi connectivity index (χ4v) is 2.69. The minimum Gasteiger partial charge on any atom is -0.225 e. The minimum absolute atomic E-state index is 0.0428. The molecule has 0 unspecified atom stereocenters. The molecule has 0 bridgehead atoms. The van der Waals surface area contributed by atoms with Crippen LogP contribution in [0.4, 0.5) is 8.78 Å². The number of benzene rings is 2. The van der Waals surface area contributed by atoms with Gasteiger partial charge in [-0.15, -0.1) is 0 Å². The van der Waals surface area contributed by atoms with Gasteiger partial charge < -0.3 is 0 Å². The molecule has 3 aromatic rings. The van der Waals surface area contributed by atoms with Crippen molar-refractivity contribution in [2.45, 2.75) is 6.92 Å².